The van der Waals surface area contributed by atoms with Crippen molar-refractivity contribution >= 4 is 63.4 Å². The summed E-state index contributed by atoms with van der Waals surface area (Å²) in [5.74, 6) is -2.79. The monoisotopic (exact) mass is 441 g/mol. The minimum atomic E-state index is -1.27. The maximum atomic E-state index is 11.8. The molecule has 0 unspecified atom stereocenters. The quantitative estimate of drug-likeness (QED) is 0.328. The molecule has 0 radical (unpaired) electrons. The Labute approximate surface area is 144 Å². The molecule has 0 atom stereocenters. The molecule has 1 fully saturated rings. The molecule has 1 aliphatic rings. The molecular formula is C13H10Cl2INO4. The van der Waals surface area contributed by atoms with Gasteiger partial charge in [-0.2, -0.15) is 0 Å². The molecule has 0 bridgehead atoms. The zero-order chi connectivity index (χ0) is 15.8. The van der Waals surface area contributed by atoms with Crippen molar-refractivity contribution in [1.82, 2.24) is 0 Å². The number of cyclic esters (lactones) is 2. The summed E-state index contributed by atoms with van der Waals surface area (Å²) < 4.78 is 10.7. The highest BCUT2D eigenvalue weighted by molar-refractivity contribution is 14.1. The first-order valence-electron chi connectivity index (χ1n) is 5.77. The van der Waals surface area contributed by atoms with Crippen molar-refractivity contribution in [3.63, 3.8) is 0 Å². The number of nitrogens with one attached hydrogen (secondary N) is 1. The average molecular weight is 442 g/mol. The summed E-state index contributed by atoms with van der Waals surface area (Å²) in [5.41, 5.74) is 0.288. The van der Waals surface area contributed by atoms with Crippen LogP contribution in [-0.2, 0) is 19.1 Å². The van der Waals surface area contributed by atoms with Crippen LogP contribution in [0.15, 0.2) is 23.9 Å². The number of hydrogen-bond donors (Lipinski definition) is 1. The Balaban J connectivity index is 2.26. The minimum Gasteiger partial charge on any atom is -0.419 e. The van der Waals surface area contributed by atoms with Crippen molar-refractivity contribution in [3.05, 3.63) is 37.5 Å². The van der Waals surface area contributed by atoms with E-state index in [1.807, 2.05) is 22.6 Å². The Morgan fingerprint density at radius 2 is 1.76 bits per heavy atom. The molecule has 0 saturated carbocycles. The van der Waals surface area contributed by atoms with E-state index in [2.05, 4.69) is 5.32 Å². The number of hydrogen-bond acceptors (Lipinski definition) is 5. The van der Waals surface area contributed by atoms with E-state index in [1.165, 1.54) is 20.0 Å². The van der Waals surface area contributed by atoms with Crippen molar-refractivity contribution in [2.24, 2.45) is 0 Å². The van der Waals surface area contributed by atoms with Crippen LogP contribution in [-0.4, -0.2) is 17.7 Å². The van der Waals surface area contributed by atoms with Crippen LogP contribution in [0.1, 0.15) is 13.8 Å². The van der Waals surface area contributed by atoms with E-state index < -0.39 is 17.7 Å². The first-order chi connectivity index (χ1) is 9.69. The molecule has 1 N–H and O–H groups in total. The van der Waals surface area contributed by atoms with Gasteiger partial charge in [-0.25, -0.2) is 9.59 Å². The van der Waals surface area contributed by atoms with Crippen molar-refractivity contribution < 1.29 is 19.1 Å². The van der Waals surface area contributed by atoms with Crippen LogP contribution in [0.4, 0.5) is 5.69 Å². The van der Waals surface area contributed by atoms with Gasteiger partial charge in [0.25, 0.3) is 5.79 Å². The first-order valence-corrected chi connectivity index (χ1v) is 7.61. The molecule has 112 valence electrons. The number of esters is 2. The molecule has 1 heterocycles. The number of carbonyl (C=O) groups is 2. The highest BCUT2D eigenvalue weighted by Crippen LogP contribution is 2.31. The molecule has 0 spiro atoms. The van der Waals surface area contributed by atoms with Gasteiger partial charge in [-0.15, -0.1) is 0 Å². The van der Waals surface area contributed by atoms with Gasteiger partial charge < -0.3 is 14.8 Å². The fourth-order valence-corrected chi connectivity index (χ4v) is 3.28. The normalized spacial score (nSPS) is 17.1. The van der Waals surface area contributed by atoms with Gasteiger partial charge >= 0.3 is 11.9 Å². The SMILES string of the molecule is CC1(C)OC(=O)C(=CNc2c(Cl)cc(Cl)cc2I)C(=O)O1. The van der Waals surface area contributed by atoms with Crippen LogP contribution < -0.4 is 5.32 Å². The number of anilines is 1. The van der Waals surface area contributed by atoms with Crippen LogP contribution >= 0.6 is 45.8 Å². The molecule has 8 heteroatoms. The third-order valence-electron chi connectivity index (χ3n) is 2.48. The predicted molar refractivity (Wildman–Crippen MR) is 87.1 cm³/mol. The third kappa shape index (κ3) is 3.81. The summed E-state index contributed by atoms with van der Waals surface area (Å²) in [6, 6.07) is 3.24. The van der Waals surface area contributed by atoms with Gasteiger partial charge in [-0.3, -0.25) is 0 Å². The summed E-state index contributed by atoms with van der Waals surface area (Å²) in [5, 5.41) is 3.65. The molecule has 2 rings (SSSR count). The van der Waals surface area contributed by atoms with Gasteiger partial charge in [0.05, 0.1) is 10.7 Å². The van der Waals surface area contributed by atoms with Crippen molar-refractivity contribution in [2.45, 2.75) is 19.6 Å². The van der Waals surface area contributed by atoms with E-state index in [4.69, 9.17) is 32.7 Å². The summed E-state index contributed by atoms with van der Waals surface area (Å²) in [6.45, 7) is 2.96. The fraction of sp³-hybridized carbons (Fsp3) is 0.231. The molecule has 1 aliphatic heterocycles. The highest BCUT2D eigenvalue weighted by atomic mass is 127. The molecule has 1 aromatic carbocycles. The third-order valence-corrected chi connectivity index (χ3v) is 3.85. The van der Waals surface area contributed by atoms with Gasteiger partial charge in [0.2, 0.25) is 0 Å². The standard InChI is InChI=1S/C13H10Cl2INO4/c1-13(2)20-11(18)7(12(19)21-13)5-17-10-8(15)3-6(14)4-9(10)16/h3-5,17H,1-2H3. The van der Waals surface area contributed by atoms with Crippen LogP contribution in [0.25, 0.3) is 0 Å². The largest absolute Gasteiger partial charge is 0.419 e. The lowest BCUT2D eigenvalue weighted by atomic mass is 10.2. The number of carbonyl (C=O) groups excluding carboxylic acids is 2. The Bertz CT molecular complexity index is 613. The Morgan fingerprint density at radius 3 is 2.29 bits per heavy atom. The fourth-order valence-electron chi connectivity index (χ4n) is 1.60. The van der Waals surface area contributed by atoms with Crippen molar-refractivity contribution in [2.75, 3.05) is 5.32 Å². The van der Waals surface area contributed by atoms with E-state index in [0.29, 0.717) is 15.7 Å². The van der Waals surface area contributed by atoms with Crippen LogP contribution in [0.2, 0.25) is 10.0 Å². The lowest BCUT2D eigenvalue weighted by molar-refractivity contribution is -0.222. The van der Waals surface area contributed by atoms with E-state index in [1.54, 1.807) is 12.1 Å². The minimum absolute atomic E-state index is 0.240. The molecule has 5 nitrogen and oxygen atoms in total. The number of halogens is 3. The number of rotatable bonds is 2. The predicted octanol–water partition coefficient (Wildman–Crippen LogP) is 3.73. The van der Waals surface area contributed by atoms with E-state index in [-0.39, 0.29) is 5.57 Å². The van der Waals surface area contributed by atoms with Crippen LogP contribution in [0, 0.1) is 3.57 Å². The second kappa shape index (κ2) is 6.02. The number of ether oxygens (including phenoxy) is 2. The first kappa shape index (κ1) is 16.4. The molecule has 0 aromatic heterocycles. The Kier molecular flexibility index (Phi) is 4.69. The Morgan fingerprint density at radius 1 is 1.19 bits per heavy atom. The zero-order valence-electron chi connectivity index (χ0n) is 11.0. The summed E-state index contributed by atoms with van der Waals surface area (Å²) >= 11 is 14.0. The van der Waals surface area contributed by atoms with E-state index in [0.717, 1.165) is 3.57 Å². The Hall–Kier alpha value is -0.990. The highest BCUT2D eigenvalue weighted by Gasteiger charge is 2.38. The molecule has 1 aromatic rings. The van der Waals surface area contributed by atoms with E-state index in [9.17, 15) is 9.59 Å². The molecule has 0 amide bonds. The second-order valence-electron chi connectivity index (χ2n) is 4.63. The summed E-state index contributed by atoms with van der Waals surface area (Å²) in [6.07, 6.45) is 1.21. The van der Waals surface area contributed by atoms with Gasteiger partial charge in [0.1, 0.15) is 0 Å². The molecule has 21 heavy (non-hydrogen) atoms. The molecule has 0 aliphatic carbocycles. The van der Waals surface area contributed by atoms with Crippen molar-refractivity contribution in [3.8, 4) is 0 Å². The van der Waals surface area contributed by atoms with Crippen LogP contribution in [0.5, 0.6) is 0 Å². The second-order valence-corrected chi connectivity index (χ2v) is 6.63. The topological polar surface area (TPSA) is 64.6 Å². The average Bonchev–Trinajstić information content (AvgIpc) is 2.29. The van der Waals surface area contributed by atoms with E-state index >= 15 is 0 Å². The molecular weight excluding hydrogens is 432 g/mol. The smallest absolute Gasteiger partial charge is 0.350 e. The lowest BCUT2D eigenvalue weighted by Crippen LogP contribution is -2.42. The zero-order valence-corrected chi connectivity index (χ0v) is 14.7. The van der Waals surface area contributed by atoms with Gasteiger partial charge in [0, 0.05) is 28.6 Å². The van der Waals surface area contributed by atoms with Gasteiger partial charge in [0.15, 0.2) is 5.57 Å². The van der Waals surface area contributed by atoms with Crippen LogP contribution in [0.3, 0.4) is 0 Å². The molecule has 1 saturated heterocycles. The number of benzene rings is 1. The van der Waals surface area contributed by atoms with Gasteiger partial charge in [-0.05, 0) is 34.7 Å². The summed E-state index contributed by atoms with van der Waals surface area (Å²) in [4.78, 5) is 23.6. The lowest BCUT2D eigenvalue weighted by Gasteiger charge is -2.29. The van der Waals surface area contributed by atoms with Crippen molar-refractivity contribution in [1.29, 1.82) is 0 Å². The maximum absolute atomic E-state index is 11.8. The maximum Gasteiger partial charge on any atom is 0.350 e. The van der Waals surface area contributed by atoms with Gasteiger partial charge in [-0.1, -0.05) is 23.2 Å². The summed E-state index contributed by atoms with van der Waals surface area (Å²) in [7, 11) is 0.